The molecule has 1 aromatic heterocycles. The van der Waals surface area contributed by atoms with Crippen LogP contribution in [0.2, 0.25) is 0 Å². The molecule has 1 aromatic carbocycles. The normalized spacial score (nSPS) is 14.0. The third kappa shape index (κ3) is 3.67. The van der Waals surface area contributed by atoms with Crippen LogP contribution in [0.3, 0.4) is 0 Å². The molecule has 118 valence electrons. The van der Waals surface area contributed by atoms with Gasteiger partial charge >= 0.3 is 5.97 Å². The maximum absolute atomic E-state index is 12.3. The average Bonchev–Trinajstić information content (AvgIpc) is 2.88. The van der Waals surface area contributed by atoms with E-state index in [0.717, 1.165) is 5.39 Å². The van der Waals surface area contributed by atoms with Gasteiger partial charge in [-0.05, 0) is 31.4 Å². The molecule has 22 heavy (non-hydrogen) atoms. The monoisotopic (exact) mass is 303 g/mol. The van der Waals surface area contributed by atoms with E-state index in [1.807, 2.05) is 44.2 Å². The van der Waals surface area contributed by atoms with E-state index in [2.05, 4.69) is 5.32 Å². The number of carboxylic acid groups (broad SMARTS) is 1. The fourth-order valence-electron chi connectivity index (χ4n) is 2.33. The van der Waals surface area contributed by atoms with Crippen LogP contribution in [0.25, 0.3) is 11.0 Å². The minimum Gasteiger partial charge on any atom is -0.480 e. The SMILES string of the molecule is CC(C)CC(NC(=O)C(C)c1cc2ccccc2o1)C(=O)O. The maximum atomic E-state index is 12.3. The van der Waals surface area contributed by atoms with E-state index in [4.69, 9.17) is 4.42 Å². The largest absolute Gasteiger partial charge is 0.480 e. The first kappa shape index (κ1) is 16.1. The summed E-state index contributed by atoms with van der Waals surface area (Å²) in [6.07, 6.45) is 0.397. The molecule has 2 atom stereocenters. The topological polar surface area (TPSA) is 79.5 Å². The maximum Gasteiger partial charge on any atom is 0.326 e. The van der Waals surface area contributed by atoms with Crippen LogP contribution in [0.1, 0.15) is 38.9 Å². The Bertz CT molecular complexity index is 641. The molecule has 0 spiro atoms. The summed E-state index contributed by atoms with van der Waals surface area (Å²) < 4.78 is 5.67. The number of benzene rings is 1. The molecule has 0 saturated carbocycles. The van der Waals surface area contributed by atoms with Gasteiger partial charge in [0.05, 0.1) is 5.92 Å². The molecule has 0 saturated heterocycles. The molecule has 1 amide bonds. The van der Waals surface area contributed by atoms with Gasteiger partial charge in [-0.15, -0.1) is 0 Å². The average molecular weight is 303 g/mol. The Morgan fingerprint density at radius 2 is 1.91 bits per heavy atom. The Labute approximate surface area is 129 Å². The summed E-state index contributed by atoms with van der Waals surface area (Å²) in [7, 11) is 0. The number of rotatable bonds is 6. The first-order valence-corrected chi connectivity index (χ1v) is 7.40. The first-order chi connectivity index (χ1) is 10.4. The molecule has 5 heteroatoms. The second-order valence-corrected chi connectivity index (χ2v) is 5.94. The van der Waals surface area contributed by atoms with Crippen LogP contribution in [0, 0.1) is 5.92 Å². The fraction of sp³-hybridized carbons (Fsp3) is 0.412. The molecule has 0 aliphatic carbocycles. The lowest BCUT2D eigenvalue weighted by atomic mass is 10.0. The smallest absolute Gasteiger partial charge is 0.326 e. The zero-order chi connectivity index (χ0) is 16.3. The minimum absolute atomic E-state index is 0.183. The van der Waals surface area contributed by atoms with Crippen LogP contribution in [-0.4, -0.2) is 23.0 Å². The Kier molecular flexibility index (Phi) is 4.85. The van der Waals surface area contributed by atoms with E-state index < -0.39 is 17.9 Å². The predicted octanol–water partition coefficient (Wildman–Crippen LogP) is 3.15. The number of carbonyl (C=O) groups excluding carboxylic acids is 1. The molecular formula is C17H21NO4. The van der Waals surface area contributed by atoms with Crippen molar-refractivity contribution in [2.45, 2.75) is 39.2 Å². The number of fused-ring (bicyclic) bond motifs is 1. The second-order valence-electron chi connectivity index (χ2n) is 5.94. The van der Waals surface area contributed by atoms with Crippen LogP contribution in [0.5, 0.6) is 0 Å². The summed E-state index contributed by atoms with van der Waals surface area (Å²) in [6.45, 7) is 5.55. The number of hydrogen-bond donors (Lipinski definition) is 2. The molecule has 0 radical (unpaired) electrons. The van der Waals surface area contributed by atoms with Crippen molar-refractivity contribution in [2.24, 2.45) is 5.92 Å². The van der Waals surface area contributed by atoms with Crippen LogP contribution in [-0.2, 0) is 9.59 Å². The fourth-order valence-corrected chi connectivity index (χ4v) is 2.33. The molecular weight excluding hydrogens is 282 g/mol. The molecule has 0 bridgehead atoms. The van der Waals surface area contributed by atoms with Gasteiger partial charge in [0, 0.05) is 5.39 Å². The van der Waals surface area contributed by atoms with E-state index in [-0.39, 0.29) is 11.8 Å². The number of nitrogens with one attached hydrogen (secondary N) is 1. The van der Waals surface area contributed by atoms with Crippen molar-refractivity contribution in [3.8, 4) is 0 Å². The summed E-state index contributed by atoms with van der Waals surface area (Å²) in [5.74, 6) is -1.18. The zero-order valence-electron chi connectivity index (χ0n) is 13.0. The highest BCUT2D eigenvalue weighted by atomic mass is 16.4. The van der Waals surface area contributed by atoms with Crippen molar-refractivity contribution in [3.63, 3.8) is 0 Å². The molecule has 5 nitrogen and oxygen atoms in total. The lowest BCUT2D eigenvalue weighted by Gasteiger charge is -2.18. The number of furan rings is 1. The van der Waals surface area contributed by atoms with E-state index in [1.54, 1.807) is 6.92 Å². The Hall–Kier alpha value is -2.30. The predicted molar refractivity (Wildman–Crippen MR) is 83.7 cm³/mol. The van der Waals surface area contributed by atoms with Gasteiger partial charge in [0.25, 0.3) is 0 Å². The van der Waals surface area contributed by atoms with E-state index in [0.29, 0.717) is 17.8 Å². The molecule has 1 heterocycles. The van der Waals surface area contributed by atoms with Crippen molar-refractivity contribution in [3.05, 3.63) is 36.1 Å². The van der Waals surface area contributed by atoms with Crippen molar-refractivity contribution in [2.75, 3.05) is 0 Å². The van der Waals surface area contributed by atoms with Crippen LogP contribution in [0.4, 0.5) is 0 Å². The van der Waals surface area contributed by atoms with Gasteiger partial charge < -0.3 is 14.8 Å². The zero-order valence-corrected chi connectivity index (χ0v) is 13.0. The van der Waals surface area contributed by atoms with Crippen molar-refractivity contribution >= 4 is 22.8 Å². The Morgan fingerprint density at radius 3 is 2.50 bits per heavy atom. The lowest BCUT2D eigenvalue weighted by molar-refractivity contribution is -0.142. The number of amides is 1. The van der Waals surface area contributed by atoms with Crippen LogP contribution < -0.4 is 5.32 Å². The third-order valence-electron chi connectivity index (χ3n) is 3.59. The van der Waals surface area contributed by atoms with Gasteiger partial charge in [-0.25, -0.2) is 4.79 Å². The minimum atomic E-state index is -1.01. The van der Waals surface area contributed by atoms with Crippen molar-refractivity contribution in [1.82, 2.24) is 5.32 Å². The molecule has 2 N–H and O–H groups in total. The van der Waals surface area contributed by atoms with Gasteiger partial charge in [0.2, 0.25) is 5.91 Å². The lowest BCUT2D eigenvalue weighted by Crippen LogP contribution is -2.43. The molecule has 0 aliphatic heterocycles. The van der Waals surface area contributed by atoms with E-state index in [9.17, 15) is 14.7 Å². The molecule has 2 rings (SSSR count). The van der Waals surface area contributed by atoms with Gasteiger partial charge in [-0.3, -0.25) is 4.79 Å². The third-order valence-corrected chi connectivity index (χ3v) is 3.59. The van der Waals surface area contributed by atoms with Gasteiger partial charge in [0.1, 0.15) is 17.4 Å². The van der Waals surface area contributed by atoms with Gasteiger partial charge in [0.15, 0.2) is 0 Å². The van der Waals surface area contributed by atoms with Crippen molar-refractivity contribution < 1.29 is 19.1 Å². The van der Waals surface area contributed by atoms with Crippen LogP contribution in [0.15, 0.2) is 34.7 Å². The summed E-state index contributed by atoms with van der Waals surface area (Å²) in [4.78, 5) is 23.5. The number of hydrogen-bond acceptors (Lipinski definition) is 3. The standard InChI is InChI=1S/C17H21NO4/c1-10(2)8-13(17(20)21)18-16(19)11(3)15-9-12-6-4-5-7-14(12)22-15/h4-7,9-11,13H,8H2,1-3H3,(H,18,19)(H,20,21). The van der Waals surface area contributed by atoms with E-state index in [1.165, 1.54) is 0 Å². The number of para-hydroxylation sites is 1. The van der Waals surface area contributed by atoms with Crippen molar-refractivity contribution in [1.29, 1.82) is 0 Å². The Morgan fingerprint density at radius 1 is 1.23 bits per heavy atom. The highest BCUT2D eigenvalue weighted by Crippen LogP contribution is 2.25. The summed E-state index contributed by atoms with van der Waals surface area (Å²) >= 11 is 0. The highest BCUT2D eigenvalue weighted by Gasteiger charge is 2.26. The summed E-state index contributed by atoms with van der Waals surface area (Å²) in [5.41, 5.74) is 0.717. The molecule has 0 fully saturated rings. The molecule has 2 unspecified atom stereocenters. The molecule has 0 aliphatic rings. The van der Waals surface area contributed by atoms with Crippen LogP contribution >= 0.6 is 0 Å². The Balaban J connectivity index is 2.12. The molecule has 2 aromatic rings. The summed E-state index contributed by atoms with van der Waals surface area (Å²) in [5, 5.41) is 12.7. The van der Waals surface area contributed by atoms with Gasteiger partial charge in [-0.1, -0.05) is 32.0 Å². The summed E-state index contributed by atoms with van der Waals surface area (Å²) in [6, 6.07) is 8.45. The van der Waals surface area contributed by atoms with E-state index >= 15 is 0 Å². The van der Waals surface area contributed by atoms with Gasteiger partial charge in [-0.2, -0.15) is 0 Å². The number of aliphatic carboxylic acids is 1. The number of carboxylic acids is 1. The second kappa shape index (κ2) is 6.64. The quantitative estimate of drug-likeness (QED) is 0.859. The number of carbonyl (C=O) groups is 2. The highest BCUT2D eigenvalue weighted by molar-refractivity contribution is 5.88. The first-order valence-electron chi connectivity index (χ1n) is 7.40.